The molecule has 0 radical (unpaired) electrons. The van der Waals surface area contributed by atoms with Gasteiger partial charge in [0.2, 0.25) is 0 Å². The van der Waals surface area contributed by atoms with Crippen molar-refractivity contribution in [2.24, 2.45) is 5.92 Å². The average Bonchev–Trinajstić information content (AvgIpc) is 2.67. The van der Waals surface area contributed by atoms with Gasteiger partial charge in [0.15, 0.2) is 0 Å². The predicted molar refractivity (Wildman–Crippen MR) is 101 cm³/mol. The Balaban J connectivity index is 1.66. The number of halogens is 1. The van der Waals surface area contributed by atoms with Gasteiger partial charge in [-0.25, -0.2) is 4.98 Å². The molecular formula is C19H20ClN3O3. The zero-order chi connectivity index (χ0) is 18.5. The molecule has 1 fully saturated rings. The van der Waals surface area contributed by atoms with E-state index in [0.717, 1.165) is 25.2 Å². The van der Waals surface area contributed by atoms with Gasteiger partial charge in [-0.3, -0.25) is 9.59 Å². The molecule has 136 valence electrons. The van der Waals surface area contributed by atoms with Crippen LogP contribution in [0.4, 0.5) is 11.5 Å². The van der Waals surface area contributed by atoms with E-state index >= 15 is 0 Å². The van der Waals surface area contributed by atoms with E-state index in [1.807, 2.05) is 4.90 Å². The Morgan fingerprint density at radius 3 is 2.85 bits per heavy atom. The zero-order valence-corrected chi connectivity index (χ0v) is 15.2. The molecule has 6 nitrogen and oxygen atoms in total. The highest BCUT2D eigenvalue weighted by Crippen LogP contribution is 2.23. The molecule has 0 spiro atoms. The number of carbonyl (C=O) groups excluding carboxylic acids is 2. The molecule has 2 heterocycles. The van der Waals surface area contributed by atoms with Crippen LogP contribution in [0.5, 0.6) is 0 Å². The number of anilines is 2. The number of hydrogen-bond acceptors (Lipinski definition) is 5. The molecule has 1 N–H and O–H groups in total. The van der Waals surface area contributed by atoms with Crippen LogP contribution in [0.25, 0.3) is 0 Å². The molecule has 1 aliphatic heterocycles. The standard InChI is InChI=1S/C19H20ClN3O3/c1-26-19(25)14-4-3-9-23(12-14)17-8-7-13(11-21-17)18(24)22-16-6-2-5-15(20)10-16/h2,5-8,10-11,14H,3-4,9,12H2,1H3,(H,22,24)/t14-/m0/s1. The van der Waals surface area contributed by atoms with Crippen LogP contribution in [-0.4, -0.2) is 37.1 Å². The number of esters is 1. The van der Waals surface area contributed by atoms with Crippen molar-refractivity contribution in [1.29, 1.82) is 0 Å². The molecule has 1 aromatic heterocycles. The maximum absolute atomic E-state index is 12.3. The Bertz CT molecular complexity index is 795. The van der Waals surface area contributed by atoms with E-state index in [1.54, 1.807) is 36.4 Å². The Hall–Kier alpha value is -2.60. The molecule has 0 saturated carbocycles. The summed E-state index contributed by atoms with van der Waals surface area (Å²) in [5.74, 6) is 0.170. The third kappa shape index (κ3) is 4.32. The van der Waals surface area contributed by atoms with Gasteiger partial charge in [-0.05, 0) is 43.2 Å². The van der Waals surface area contributed by atoms with Crippen LogP contribution in [0.2, 0.25) is 5.02 Å². The lowest BCUT2D eigenvalue weighted by Crippen LogP contribution is -2.39. The summed E-state index contributed by atoms with van der Waals surface area (Å²) < 4.78 is 4.84. The number of nitrogens with zero attached hydrogens (tertiary/aromatic N) is 2. The van der Waals surface area contributed by atoms with Crippen molar-refractivity contribution >= 4 is 35.0 Å². The number of nitrogens with one attached hydrogen (secondary N) is 1. The number of hydrogen-bond donors (Lipinski definition) is 1. The summed E-state index contributed by atoms with van der Waals surface area (Å²) in [6, 6.07) is 10.5. The van der Waals surface area contributed by atoms with Crippen molar-refractivity contribution in [2.75, 3.05) is 30.4 Å². The Kier molecular flexibility index (Phi) is 5.73. The summed E-state index contributed by atoms with van der Waals surface area (Å²) in [5.41, 5.74) is 1.08. The first-order chi connectivity index (χ1) is 12.6. The van der Waals surface area contributed by atoms with Crippen LogP contribution in [0.15, 0.2) is 42.6 Å². The normalized spacial score (nSPS) is 16.8. The molecule has 1 atom stereocenters. The van der Waals surface area contributed by atoms with Crippen LogP contribution in [-0.2, 0) is 9.53 Å². The fourth-order valence-electron chi connectivity index (χ4n) is 3.02. The SMILES string of the molecule is COC(=O)[C@H]1CCCN(c2ccc(C(=O)Nc3cccc(Cl)c3)cn2)C1. The minimum Gasteiger partial charge on any atom is -0.469 e. The van der Waals surface area contributed by atoms with Crippen molar-refractivity contribution in [3.63, 3.8) is 0 Å². The molecule has 26 heavy (non-hydrogen) atoms. The summed E-state index contributed by atoms with van der Waals surface area (Å²) in [6.07, 6.45) is 3.26. The fraction of sp³-hybridized carbons (Fsp3) is 0.316. The zero-order valence-electron chi connectivity index (χ0n) is 14.4. The number of pyridine rings is 1. The van der Waals surface area contributed by atoms with Gasteiger partial charge in [0.1, 0.15) is 5.82 Å². The Morgan fingerprint density at radius 2 is 2.15 bits per heavy atom. The lowest BCUT2D eigenvalue weighted by Gasteiger charge is -2.32. The van der Waals surface area contributed by atoms with Gasteiger partial charge in [-0.15, -0.1) is 0 Å². The van der Waals surface area contributed by atoms with Crippen molar-refractivity contribution in [1.82, 2.24) is 4.98 Å². The maximum atomic E-state index is 12.3. The average molecular weight is 374 g/mol. The van der Waals surface area contributed by atoms with E-state index in [0.29, 0.717) is 22.8 Å². The number of benzene rings is 1. The van der Waals surface area contributed by atoms with Crippen molar-refractivity contribution < 1.29 is 14.3 Å². The van der Waals surface area contributed by atoms with Gasteiger partial charge in [0.25, 0.3) is 5.91 Å². The summed E-state index contributed by atoms with van der Waals surface area (Å²) in [6.45, 7) is 1.41. The lowest BCUT2D eigenvalue weighted by atomic mass is 9.98. The molecule has 7 heteroatoms. The first kappa shape index (κ1) is 18.2. The molecule has 1 saturated heterocycles. The van der Waals surface area contributed by atoms with Gasteiger partial charge in [0, 0.05) is 30.0 Å². The van der Waals surface area contributed by atoms with Crippen molar-refractivity contribution in [3.05, 3.63) is 53.2 Å². The predicted octanol–water partition coefficient (Wildman–Crippen LogP) is 3.38. The summed E-state index contributed by atoms with van der Waals surface area (Å²) in [5, 5.41) is 3.35. The van der Waals surface area contributed by atoms with Crippen LogP contribution >= 0.6 is 11.6 Å². The number of aromatic nitrogens is 1. The van der Waals surface area contributed by atoms with E-state index in [1.165, 1.54) is 13.3 Å². The van der Waals surface area contributed by atoms with Gasteiger partial charge < -0.3 is 15.0 Å². The molecule has 1 aromatic carbocycles. The van der Waals surface area contributed by atoms with E-state index in [-0.39, 0.29) is 17.8 Å². The van der Waals surface area contributed by atoms with E-state index in [4.69, 9.17) is 16.3 Å². The molecule has 1 aliphatic rings. The second-order valence-electron chi connectivity index (χ2n) is 6.18. The number of piperidine rings is 1. The van der Waals surface area contributed by atoms with Crippen molar-refractivity contribution in [3.8, 4) is 0 Å². The largest absolute Gasteiger partial charge is 0.469 e. The van der Waals surface area contributed by atoms with Crippen LogP contribution in [0.3, 0.4) is 0 Å². The summed E-state index contributed by atoms with van der Waals surface area (Å²) in [7, 11) is 1.41. The molecule has 2 aromatic rings. The molecular weight excluding hydrogens is 354 g/mol. The smallest absolute Gasteiger partial charge is 0.310 e. The van der Waals surface area contributed by atoms with Gasteiger partial charge in [-0.1, -0.05) is 17.7 Å². The minimum atomic E-state index is -0.252. The quantitative estimate of drug-likeness (QED) is 0.832. The highest BCUT2D eigenvalue weighted by Gasteiger charge is 2.27. The lowest BCUT2D eigenvalue weighted by molar-refractivity contribution is -0.145. The summed E-state index contributed by atoms with van der Waals surface area (Å²) in [4.78, 5) is 30.5. The Morgan fingerprint density at radius 1 is 1.31 bits per heavy atom. The van der Waals surface area contributed by atoms with Gasteiger partial charge in [-0.2, -0.15) is 0 Å². The van der Waals surface area contributed by atoms with E-state index in [9.17, 15) is 9.59 Å². The van der Waals surface area contributed by atoms with Crippen molar-refractivity contribution in [2.45, 2.75) is 12.8 Å². The first-order valence-electron chi connectivity index (χ1n) is 8.42. The minimum absolute atomic E-state index is 0.138. The molecule has 0 unspecified atom stereocenters. The number of carbonyl (C=O) groups is 2. The van der Waals surface area contributed by atoms with E-state index < -0.39 is 0 Å². The number of rotatable bonds is 4. The third-order valence-corrected chi connectivity index (χ3v) is 4.61. The fourth-order valence-corrected chi connectivity index (χ4v) is 3.21. The molecule has 0 aliphatic carbocycles. The van der Waals surface area contributed by atoms with Crippen LogP contribution in [0.1, 0.15) is 23.2 Å². The second-order valence-corrected chi connectivity index (χ2v) is 6.61. The second kappa shape index (κ2) is 8.19. The van der Waals surface area contributed by atoms with Crippen LogP contribution in [0, 0.1) is 5.92 Å². The Labute approximate surface area is 157 Å². The molecule has 0 bridgehead atoms. The topological polar surface area (TPSA) is 71.5 Å². The number of methoxy groups -OCH3 is 1. The highest BCUT2D eigenvalue weighted by atomic mass is 35.5. The van der Waals surface area contributed by atoms with Gasteiger partial charge >= 0.3 is 5.97 Å². The molecule has 1 amide bonds. The molecule has 3 rings (SSSR count). The maximum Gasteiger partial charge on any atom is 0.310 e. The third-order valence-electron chi connectivity index (χ3n) is 4.37. The number of amides is 1. The monoisotopic (exact) mass is 373 g/mol. The number of ether oxygens (including phenoxy) is 1. The van der Waals surface area contributed by atoms with Crippen LogP contribution < -0.4 is 10.2 Å². The van der Waals surface area contributed by atoms with Gasteiger partial charge in [0.05, 0.1) is 18.6 Å². The van der Waals surface area contributed by atoms with E-state index in [2.05, 4.69) is 10.3 Å². The summed E-state index contributed by atoms with van der Waals surface area (Å²) >= 11 is 5.92. The first-order valence-corrected chi connectivity index (χ1v) is 8.80. The highest BCUT2D eigenvalue weighted by molar-refractivity contribution is 6.30.